The van der Waals surface area contributed by atoms with E-state index in [1.807, 2.05) is 0 Å². The zero-order valence-corrected chi connectivity index (χ0v) is 22.7. The molecule has 2 aromatic carbocycles. The van der Waals surface area contributed by atoms with Crippen molar-refractivity contribution in [2.75, 3.05) is 0 Å². The van der Waals surface area contributed by atoms with Gasteiger partial charge in [-0.15, -0.1) is 10.2 Å². The Balaban J connectivity index is 1.41. The molecule has 0 saturated carbocycles. The summed E-state index contributed by atoms with van der Waals surface area (Å²) < 4.78 is 44.0. The summed E-state index contributed by atoms with van der Waals surface area (Å²) in [4.78, 5) is 30.3. The van der Waals surface area contributed by atoms with Crippen LogP contribution in [0, 0.1) is 0 Å². The second-order valence-corrected chi connectivity index (χ2v) is 9.63. The molecule has 1 unspecified atom stereocenters. The van der Waals surface area contributed by atoms with Crippen LogP contribution in [0.25, 0.3) is 17.1 Å². The number of amides is 1. The number of nitrogens with zero attached hydrogens (tertiary/aromatic N) is 8. The van der Waals surface area contributed by atoms with Crippen LogP contribution in [0.5, 0.6) is 0 Å². The highest BCUT2D eigenvalue weighted by Gasteiger charge is 2.39. The Morgan fingerprint density at radius 1 is 1.10 bits per heavy atom. The van der Waals surface area contributed by atoms with Crippen molar-refractivity contribution >= 4 is 17.5 Å². The largest absolute Gasteiger partial charge is 0.416 e. The van der Waals surface area contributed by atoms with Gasteiger partial charge in [-0.05, 0) is 42.5 Å². The first-order valence-corrected chi connectivity index (χ1v) is 12.8. The van der Waals surface area contributed by atoms with Gasteiger partial charge < -0.3 is 10.4 Å². The number of halogens is 4. The Hall–Kier alpha value is -4.76. The lowest BCUT2D eigenvalue weighted by atomic mass is 10.1. The van der Waals surface area contributed by atoms with Crippen LogP contribution >= 0.6 is 11.6 Å². The Labute approximate surface area is 240 Å². The number of hydrogen-bond acceptors (Lipinski definition) is 7. The molecule has 3 heterocycles. The maximum absolute atomic E-state index is 13.1. The zero-order chi connectivity index (χ0) is 30.0. The van der Waals surface area contributed by atoms with Gasteiger partial charge in [0, 0.05) is 23.8 Å². The van der Waals surface area contributed by atoms with Gasteiger partial charge in [-0.25, -0.2) is 19.1 Å². The van der Waals surface area contributed by atoms with Gasteiger partial charge in [0.25, 0.3) is 5.91 Å². The number of aliphatic hydroxyl groups is 1. The fraction of sp³-hybridized carbons (Fsp3) is 0.231. The van der Waals surface area contributed by atoms with Crippen molar-refractivity contribution in [3.8, 4) is 17.1 Å². The van der Waals surface area contributed by atoms with E-state index in [1.165, 1.54) is 35.3 Å². The third-order valence-corrected chi connectivity index (χ3v) is 6.59. The molecule has 0 spiro atoms. The van der Waals surface area contributed by atoms with Gasteiger partial charge in [-0.1, -0.05) is 23.7 Å². The summed E-state index contributed by atoms with van der Waals surface area (Å²) >= 11 is 5.93. The summed E-state index contributed by atoms with van der Waals surface area (Å²) in [6.45, 7) is -1.11. The topological polar surface area (TPSA) is 138 Å². The maximum Gasteiger partial charge on any atom is 0.416 e. The number of nitrogens with one attached hydrogen (secondary N) is 1. The van der Waals surface area contributed by atoms with Crippen LogP contribution < -0.4 is 11.0 Å². The van der Waals surface area contributed by atoms with Gasteiger partial charge in [-0.2, -0.15) is 18.3 Å². The highest BCUT2D eigenvalue weighted by molar-refractivity contribution is 6.30. The molecule has 16 heteroatoms. The number of benzene rings is 2. The van der Waals surface area contributed by atoms with E-state index in [2.05, 4.69) is 25.6 Å². The summed E-state index contributed by atoms with van der Waals surface area (Å²) in [6, 6.07) is 14.5. The molecule has 0 fully saturated rings. The van der Waals surface area contributed by atoms with Gasteiger partial charge in [0.2, 0.25) is 0 Å². The second kappa shape index (κ2) is 11.6. The lowest BCUT2D eigenvalue weighted by molar-refractivity contribution is -0.207. The fourth-order valence-electron chi connectivity index (χ4n) is 4.12. The lowest BCUT2D eigenvalue weighted by Gasteiger charge is -2.15. The highest BCUT2D eigenvalue weighted by atomic mass is 35.5. The first-order chi connectivity index (χ1) is 20.0. The molecular formula is C26H23ClF3N9O3. The van der Waals surface area contributed by atoms with Crippen LogP contribution in [0.2, 0.25) is 5.02 Å². The Morgan fingerprint density at radius 3 is 2.52 bits per heavy atom. The lowest BCUT2D eigenvalue weighted by Crippen LogP contribution is -2.37. The molecule has 5 rings (SSSR count). The number of rotatable bonds is 9. The molecule has 218 valence electrons. The van der Waals surface area contributed by atoms with Crippen molar-refractivity contribution in [3.05, 3.63) is 99.7 Å². The van der Waals surface area contributed by atoms with Gasteiger partial charge >= 0.3 is 11.9 Å². The molecule has 1 amide bonds. The minimum atomic E-state index is -4.95. The number of aliphatic hydroxyl groups excluding tert-OH is 1. The molecule has 0 aliphatic heterocycles. The van der Waals surface area contributed by atoms with E-state index < -0.39 is 24.5 Å². The van der Waals surface area contributed by atoms with Crippen LogP contribution in [0.4, 0.5) is 13.2 Å². The molecule has 0 aliphatic carbocycles. The molecule has 0 radical (unpaired) electrons. The van der Waals surface area contributed by atoms with Crippen LogP contribution in [0.1, 0.15) is 21.9 Å². The summed E-state index contributed by atoms with van der Waals surface area (Å²) in [6.07, 6.45) is -4.77. The van der Waals surface area contributed by atoms with Crippen molar-refractivity contribution in [1.29, 1.82) is 0 Å². The number of hydrogen-bond donors (Lipinski definition) is 2. The van der Waals surface area contributed by atoms with Gasteiger partial charge in [-0.3, -0.25) is 14.0 Å². The van der Waals surface area contributed by atoms with Crippen LogP contribution in [-0.4, -0.2) is 62.2 Å². The fourth-order valence-corrected chi connectivity index (χ4v) is 4.25. The van der Waals surface area contributed by atoms with Crippen LogP contribution in [-0.2, 0) is 26.7 Å². The first-order valence-electron chi connectivity index (χ1n) is 12.4. The first kappa shape index (κ1) is 28.8. The van der Waals surface area contributed by atoms with Crippen molar-refractivity contribution in [2.24, 2.45) is 7.05 Å². The van der Waals surface area contributed by atoms with Crippen molar-refractivity contribution in [2.45, 2.75) is 31.9 Å². The average Bonchev–Trinajstić information content (AvgIpc) is 3.67. The molecule has 12 nitrogen and oxygen atoms in total. The Bertz CT molecular complexity index is 1770. The normalized spacial score (nSPS) is 12.4. The summed E-state index contributed by atoms with van der Waals surface area (Å²) in [5.41, 5.74) is 0.925. The average molecular weight is 602 g/mol. The van der Waals surface area contributed by atoms with E-state index in [1.54, 1.807) is 48.3 Å². The maximum atomic E-state index is 13.1. The van der Waals surface area contributed by atoms with Crippen LogP contribution in [0.3, 0.4) is 0 Å². The van der Waals surface area contributed by atoms with Gasteiger partial charge in [0.15, 0.2) is 17.8 Å². The predicted octanol–water partition coefficient (Wildman–Crippen LogP) is 2.58. The van der Waals surface area contributed by atoms with Gasteiger partial charge in [0.1, 0.15) is 12.9 Å². The van der Waals surface area contributed by atoms with E-state index in [0.717, 1.165) is 14.9 Å². The van der Waals surface area contributed by atoms with Crippen LogP contribution in [0.15, 0.2) is 71.9 Å². The molecule has 0 saturated heterocycles. The van der Waals surface area contributed by atoms with Crippen molar-refractivity contribution in [3.63, 3.8) is 0 Å². The SMILES string of the molecule is Cn1nccc1CNC(=O)c1ccccc1-n1cnc(Cn2nc(-c3ccc(Cl)cc3)n(CC(O)C(F)(F)F)c2=O)n1. The predicted molar refractivity (Wildman–Crippen MR) is 144 cm³/mol. The summed E-state index contributed by atoms with van der Waals surface area (Å²) in [5.74, 6) is -0.365. The molecule has 0 aliphatic rings. The van der Waals surface area contributed by atoms with Gasteiger partial charge in [0.05, 0.1) is 30.0 Å². The number of aryl methyl sites for hydroxylation is 1. The minimum absolute atomic E-state index is 0.102. The van der Waals surface area contributed by atoms with E-state index in [4.69, 9.17) is 11.6 Å². The minimum Gasteiger partial charge on any atom is -0.382 e. The third kappa shape index (κ3) is 6.11. The smallest absolute Gasteiger partial charge is 0.382 e. The molecular weight excluding hydrogens is 579 g/mol. The van der Waals surface area contributed by atoms with E-state index in [-0.39, 0.29) is 30.6 Å². The van der Waals surface area contributed by atoms with Crippen molar-refractivity contribution in [1.82, 2.24) is 44.2 Å². The zero-order valence-electron chi connectivity index (χ0n) is 21.9. The highest BCUT2D eigenvalue weighted by Crippen LogP contribution is 2.24. The third-order valence-electron chi connectivity index (χ3n) is 6.34. The quantitative estimate of drug-likeness (QED) is 0.265. The number of aromatic nitrogens is 8. The molecule has 5 aromatic rings. The standard InChI is InChI=1S/C26H23ClF3N9O3/c1-36-18(10-11-33-36)12-31-24(41)19-4-2-3-5-20(19)39-15-32-22(34-39)14-38-25(42)37(13-21(40)26(28,29)30)23(35-38)16-6-8-17(27)9-7-16/h2-11,15,21,40H,12-14H2,1H3,(H,31,41). The molecule has 0 bridgehead atoms. The molecule has 42 heavy (non-hydrogen) atoms. The molecule has 2 N–H and O–H groups in total. The number of carbonyl (C=O) groups is 1. The molecule has 1 atom stereocenters. The Morgan fingerprint density at radius 2 is 1.83 bits per heavy atom. The number of carbonyl (C=O) groups excluding carboxylic acids is 1. The summed E-state index contributed by atoms with van der Waals surface area (Å²) in [7, 11) is 1.76. The van der Waals surface area contributed by atoms with E-state index in [9.17, 15) is 27.9 Å². The second-order valence-electron chi connectivity index (χ2n) is 9.19. The van der Waals surface area contributed by atoms with Crippen molar-refractivity contribution < 1.29 is 23.1 Å². The van der Waals surface area contributed by atoms with E-state index in [0.29, 0.717) is 21.8 Å². The molecule has 3 aromatic heterocycles. The number of alkyl halides is 3. The summed E-state index contributed by atoms with van der Waals surface area (Å²) in [5, 5.41) is 25.5. The Kier molecular flexibility index (Phi) is 7.95. The van der Waals surface area contributed by atoms with E-state index >= 15 is 0 Å². The number of para-hydroxylation sites is 1. The monoisotopic (exact) mass is 601 g/mol.